The summed E-state index contributed by atoms with van der Waals surface area (Å²) in [5.74, 6) is 0.538. The number of carbonyl (C=O) groups excluding carboxylic acids is 2. The molecule has 0 atom stereocenters. The van der Waals surface area contributed by atoms with Crippen LogP contribution in [-0.2, 0) is 4.79 Å². The van der Waals surface area contributed by atoms with Crippen LogP contribution in [0.15, 0.2) is 54.6 Å². The monoisotopic (exact) mass is 340 g/mol. The molecule has 0 aliphatic carbocycles. The van der Waals surface area contributed by atoms with Crippen LogP contribution in [0, 0.1) is 0 Å². The largest absolute Gasteiger partial charge is 0.491 e. The molecule has 2 aromatic rings. The Balaban J connectivity index is 1.94. The quantitative estimate of drug-likeness (QED) is 0.842. The van der Waals surface area contributed by atoms with Gasteiger partial charge in [0.05, 0.1) is 6.10 Å². The van der Waals surface area contributed by atoms with E-state index >= 15 is 0 Å². The first kappa shape index (κ1) is 18.5. The number of nitrogens with zero attached hydrogens (tertiary/aromatic N) is 1. The van der Waals surface area contributed by atoms with Crippen LogP contribution in [0.4, 0.5) is 5.69 Å². The Labute approximate surface area is 148 Å². The third-order valence-corrected chi connectivity index (χ3v) is 3.56. The SMILES string of the molecule is CC(=O)N(CCNC(=O)c1ccccc1)c1ccc(OC(C)C)cc1. The molecular formula is C20H24N2O3. The fraction of sp³-hybridized carbons (Fsp3) is 0.300. The number of nitrogens with one attached hydrogen (secondary N) is 1. The van der Waals surface area contributed by atoms with Gasteiger partial charge in [0, 0.05) is 31.3 Å². The van der Waals surface area contributed by atoms with E-state index in [4.69, 9.17) is 4.74 Å². The summed E-state index contributed by atoms with van der Waals surface area (Å²) in [7, 11) is 0. The molecule has 0 saturated heterocycles. The Morgan fingerprint density at radius 1 is 1.04 bits per heavy atom. The van der Waals surface area contributed by atoms with Gasteiger partial charge in [-0.05, 0) is 50.2 Å². The molecule has 25 heavy (non-hydrogen) atoms. The minimum Gasteiger partial charge on any atom is -0.491 e. The lowest BCUT2D eigenvalue weighted by atomic mass is 10.2. The smallest absolute Gasteiger partial charge is 0.251 e. The molecule has 2 amide bonds. The summed E-state index contributed by atoms with van der Waals surface area (Å²) >= 11 is 0. The van der Waals surface area contributed by atoms with E-state index in [9.17, 15) is 9.59 Å². The van der Waals surface area contributed by atoms with Crippen molar-refractivity contribution < 1.29 is 14.3 Å². The second kappa shape index (κ2) is 8.87. The molecule has 5 nitrogen and oxygen atoms in total. The van der Waals surface area contributed by atoms with Crippen LogP contribution in [0.2, 0.25) is 0 Å². The van der Waals surface area contributed by atoms with Gasteiger partial charge in [-0.1, -0.05) is 18.2 Å². The van der Waals surface area contributed by atoms with Crippen molar-refractivity contribution in [2.75, 3.05) is 18.0 Å². The molecule has 2 aromatic carbocycles. The van der Waals surface area contributed by atoms with Crippen molar-refractivity contribution in [3.8, 4) is 5.75 Å². The first-order valence-corrected chi connectivity index (χ1v) is 8.35. The van der Waals surface area contributed by atoms with E-state index < -0.39 is 0 Å². The van der Waals surface area contributed by atoms with E-state index in [1.807, 2.05) is 56.3 Å². The van der Waals surface area contributed by atoms with Crippen LogP contribution in [-0.4, -0.2) is 31.0 Å². The second-order valence-electron chi connectivity index (χ2n) is 5.95. The fourth-order valence-electron chi connectivity index (χ4n) is 2.42. The highest BCUT2D eigenvalue weighted by Gasteiger charge is 2.12. The third kappa shape index (κ3) is 5.64. The van der Waals surface area contributed by atoms with Crippen molar-refractivity contribution in [1.29, 1.82) is 0 Å². The minimum atomic E-state index is -0.148. The minimum absolute atomic E-state index is 0.0773. The highest BCUT2D eigenvalue weighted by molar-refractivity contribution is 5.94. The van der Waals surface area contributed by atoms with Crippen LogP contribution in [0.3, 0.4) is 0 Å². The third-order valence-electron chi connectivity index (χ3n) is 3.56. The highest BCUT2D eigenvalue weighted by atomic mass is 16.5. The van der Waals surface area contributed by atoms with E-state index in [0.717, 1.165) is 11.4 Å². The topological polar surface area (TPSA) is 58.6 Å². The molecule has 1 N–H and O–H groups in total. The average Bonchev–Trinajstić information content (AvgIpc) is 2.59. The molecule has 0 saturated carbocycles. The zero-order valence-electron chi connectivity index (χ0n) is 14.9. The lowest BCUT2D eigenvalue weighted by Crippen LogP contribution is -2.37. The van der Waals surface area contributed by atoms with Gasteiger partial charge in [0.15, 0.2) is 0 Å². The average molecular weight is 340 g/mol. The molecule has 0 bridgehead atoms. The molecule has 5 heteroatoms. The van der Waals surface area contributed by atoms with Gasteiger partial charge in [-0.2, -0.15) is 0 Å². The molecule has 0 heterocycles. The molecule has 0 aliphatic rings. The number of benzene rings is 2. The first-order valence-electron chi connectivity index (χ1n) is 8.35. The Bertz CT molecular complexity index is 697. The molecule has 0 fully saturated rings. The van der Waals surface area contributed by atoms with E-state index in [1.54, 1.807) is 17.0 Å². The first-order chi connectivity index (χ1) is 12.0. The van der Waals surface area contributed by atoms with Gasteiger partial charge in [-0.3, -0.25) is 9.59 Å². The standard InChI is InChI=1S/C20H24N2O3/c1-15(2)25-19-11-9-18(10-12-19)22(16(3)23)14-13-21-20(24)17-7-5-4-6-8-17/h4-12,15H,13-14H2,1-3H3,(H,21,24). The lowest BCUT2D eigenvalue weighted by Gasteiger charge is -2.22. The Hall–Kier alpha value is -2.82. The Kier molecular flexibility index (Phi) is 6.57. The van der Waals surface area contributed by atoms with Crippen molar-refractivity contribution in [2.24, 2.45) is 0 Å². The van der Waals surface area contributed by atoms with Crippen LogP contribution < -0.4 is 15.0 Å². The summed E-state index contributed by atoms with van der Waals surface area (Å²) in [6.07, 6.45) is 0.1000. The van der Waals surface area contributed by atoms with E-state index in [1.165, 1.54) is 6.92 Å². The zero-order valence-corrected chi connectivity index (χ0v) is 14.9. The molecule has 132 valence electrons. The number of rotatable bonds is 7. The van der Waals surface area contributed by atoms with Crippen LogP contribution in [0.25, 0.3) is 0 Å². The number of ether oxygens (including phenoxy) is 1. The summed E-state index contributed by atoms with van der Waals surface area (Å²) in [6, 6.07) is 16.4. The molecule has 0 aliphatic heterocycles. The van der Waals surface area contributed by atoms with Gasteiger partial charge in [0.1, 0.15) is 5.75 Å². The van der Waals surface area contributed by atoms with Gasteiger partial charge in [-0.15, -0.1) is 0 Å². The molecular weight excluding hydrogens is 316 g/mol. The number of anilines is 1. The highest BCUT2D eigenvalue weighted by Crippen LogP contribution is 2.20. The van der Waals surface area contributed by atoms with Crippen LogP contribution in [0.1, 0.15) is 31.1 Å². The van der Waals surface area contributed by atoms with E-state index in [2.05, 4.69) is 5.32 Å². The summed E-state index contributed by atoms with van der Waals surface area (Å²) in [6.45, 7) is 6.21. The number of hydrogen-bond acceptors (Lipinski definition) is 3. The predicted octanol–water partition coefficient (Wildman–Crippen LogP) is 3.26. The van der Waals surface area contributed by atoms with Crippen molar-refractivity contribution >= 4 is 17.5 Å². The zero-order chi connectivity index (χ0) is 18.2. The lowest BCUT2D eigenvalue weighted by molar-refractivity contribution is -0.116. The van der Waals surface area contributed by atoms with Crippen LogP contribution >= 0.6 is 0 Å². The van der Waals surface area contributed by atoms with E-state index in [-0.39, 0.29) is 17.9 Å². The summed E-state index contributed by atoms with van der Waals surface area (Å²) in [5.41, 5.74) is 1.38. The van der Waals surface area contributed by atoms with Gasteiger partial charge in [0.25, 0.3) is 5.91 Å². The predicted molar refractivity (Wildman–Crippen MR) is 99.0 cm³/mol. The normalized spacial score (nSPS) is 10.4. The maximum Gasteiger partial charge on any atom is 0.251 e. The second-order valence-corrected chi connectivity index (χ2v) is 5.95. The van der Waals surface area contributed by atoms with Crippen molar-refractivity contribution in [3.05, 3.63) is 60.2 Å². The molecule has 0 unspecified atom stereocenters. The number of carbonyl (C=O) groups is 2. The van der Waals surface area contributed by atoms with Crippen molar-refractivity contribution in [3.63, 3.8) is 0 Å². The molecule has 0 radical (unpaired) electrons. The summed E-state index contributed by atoms with van der Waals surface area (Å²) in [5, 5.41) is 2.83. The van der Waals surface area contributed by atoms with Crippen LogP contribution in [0.5, 0.6) is 5.75 Å². The molecule has 2 rings (SSSR count). The Morgan fingerprint density at radius 2 is 1.68 bits per heavy atom. The van der Waals surface area contributed by atoms with Gasteiger partial charge in [-0.25, -0.2) is 0 Å². The number of amides is 2. The summed E-state index contributed by atoms with van der Waals surface area (Å²) in [4.78, 5) is 25.6. The maximum atomic E-state index is 12.0. The van der Waals surface area contributed by atoms with Crippen molar-refractivity contribution in [1.82, 2.24) is 5.32 Å². The van der Waals surface area contributed by atoms with Gasteiger partial charge < -0.3 is 15.0 Å². The fourth-order valence-corrected chi connectivity index (χ4v) is 2.42. The number of hydrogen-bond donors (Lipinski definition) is 1. The maximum absolute atomic E-state index is 12.0. The Morgan fingerprint density at radius 3 is 2.24 bits per heavy atom. The molecule has 0 spiro atoms. The van der Waals surface area contributed by atoms with E-state index in [0.29, 0.717) is 18.7 Å². The van der Waals surface area contributed by atoms with Gasteiger partial charge in [0.2, 0.25) is 5.91 Å². The van der Waals surface area contributed by atoms with Gasteiger partial charge >= 0.3 is 0 Å². The van der Waals surface area contributed by atoms with Crippen molar-refractivity contribution in [2.45, 2.75) is 26.9 Å². The molecule has 0 aromatic heterocycles. The summed E-state index contributed by atoms with van der Waals surface area (Å²) < 4.78 is 5.61.